The zero-order valence-corrected chi connectivity index (χ0v) is 7.97. The van der Waals surface area contributed by atoms with Crippen LogP contribution in [0.15, 0.2) is 17.2 Å². The SMILES string of the molecule is Cc1cc(C)[n+](F)c(S(=O)(=O)O)c1. The third-order valence-electron chi connectivity index (χ3n) is 1.56. The number of pyridine rings is 1. The van der Waals surface area contributed by atoms with Crippen LogP contribution in [0.5, 0.6) is 0 Å². The lowest BCUT2D eigenvalue weighted by atomic mass is 10.2. The van der Waals surface area contributed by atoms with Crippen molar-refractivity contribution in [3.63, 3.8) is 0 Å². The lowest BCUT2D eigenvalue weighted by Crippen LogP contribution is -2.34. The standard InChI is InChI=1S/C7H8FNO3S/c1-5-3-6(2)9(8)7(4-5)13(10,11)12/h3-4H,1-2H3/p+1. The van der Waals surface area contributed by atoms with E-state index in [1.807, 2.05) is 0 Å². The normalized spacial score (nSPS) is 11.7. The Labute approximate surface area is 75.3 Å². The van der Waals surface area contributed by atoms with Crippen LogP contribution in [0.4, 0.5) is 4.48 Å². The Bertz CT molecular complexity index is 441. The highest BCUT2D eigenvalue weighted by molar-refractivity contribution is 7.85. The highest BCUT2D eigenvalue weighted by atomic mass is 32.2. The molecule has 72 valence electrons. The molecule has 1 N–H and O–H groups in total. The summed E-state index contributed by atoms with van der Waals surface area (Å²) in [6.07, 6.45) is 0. The molecule has 0 aliphatic rings. The summed E-state index contributed by atoms with van der Waals surface area (Å²) in [7, 11) is -4.49. The van der Waals surface area contributed by atoms with Crippen LogP contribution in [-0.2, 0) is 10.1 Å². The summed E-state index contributed by atoms with van der Waals surface area (Å²) in [4.78, 5) is -0.0671. The second kappa shape index (κ2) is 3.04. The van der Waals surface area contributed by atoms with Gasteiger partial charge in [-0.2, -0.15) is 8.42 Å². The molecule has 0 bridgehead atoms. The molecule has 0 aliphatic heterocycles. The first-order chi connectivity index (χ1) is 5.82. The van der Waals surface area contributed by atoms with Crippen LogP contribution in [0.25, 0.3) is 0 Å². The van der Waals surface area contributed by atoms with Crippen molar-refractivity contribution in [2.45, 2.75) is 18.9 Å². The highest BCUT2D eigenvalue weighted by Gasteiger charge is 2.27. The number of aryl methyl sites for hydroxylation is 2. The molecule has 0 saturated heterocycles. The van der Waals surface area contributed by atoms with E-state index in [9.17, 15) is 12.9 Å². The summed E-state index contributed by atoms with van der Waals surface area (Å²) in [6, 6.07) is 2.52. The fourth-order valence-corrected chi connectivity index (χ4v) is 1.71. The summed E-state index contributed by atoms with van der Waals surface area (Å²) in [5.41, 5.74) is 0.687. The average molecular weight is 206 g/mol. The Morgan fingerprint density at radius 3 is 2.38 bits per heavy atom. The van der Waals surface area contributed by atoms with E-state index in [2.05, 4.69) is 0 Å². The number of aromatic nitrogens is 1. The predicted molar refractivity (Wildman–Crippen MR) is 42.4 cm³/mol. The second-order valence-electron chi connectivity index (χ2n) is 2.77. The third kappa shape index (κ3) is 2.02. The first-order valence-corrected chi connectivity index (χ1v) is 4.93. The lowest BCUT2D eigenvalue weighted by molar-refractivity contribution is -0.879. The third-order valence-corrected chi connectivity index (χ3v) is 2.36. The van der Waals surface area contributed by atoms with Crippen molar-refractivity contribution >= 4 is 10.1 Å². The van der Waals surface area contributed by atoms with Crippen LogP contribution in [0.1, 0.15) is 11.3 Å². The number of nitrogens with zero attached hydrogens (tertiary/aromatic N) is 1. The maximum Gasteiger partial charge on any atom is 0.370 e. The van der Waals surface area contributed by atoms with Gasteiger partial charge in [0.1, 0.15) is 0 Å². The van der Waals surface area contributed by atoms with E-state index in [1.54, 1.807) is 6.92 Å². The van der Waals surface area contributed by atoms with E-state index in [-0.39, 0.29) is 10.5 Å². The molecule has 6 heteroatoms. The van der Waals surface area contributed by atoms with Gasteiger partial charge >= 0.3 is 15.1 Å². The second-order valence-corrected chi connectivity index (χ2v) is 4.14. The average Bonchev–Trinajstić information content (AvgIpc) is 1.94. The molecule has 0 saturated carbocycles. The minimum atomic E-state index is -4.49. The van der Waals surface area contributed by atoms with E-state index in [1.165, 1.54) is 13.0 Å². The van der Waals surface area contributed by atoms with E-state index >= 15 is 0 Å². The number of hydrogen-bond donors (Lipinski definition) is 1. The zero-order valence-electron chi connectivity index (χ0n) is 7.15. The van der Waals surface area contributed by atoms with Gasteiger partial charge in [0.15, 0.2) is 0 Å². The number of halogens is 1. The van der Waals surface area contributed by atoms with Gasteiger partial charge in [0.25, 0.3) is 0 Å². The monoisotopic (exact) mass is 206 g/mol. The van der Waals surface area contributed by atoms with E-state index in [4.69, 9.17) is 4.55 Å². The van der Waals surface area contributed by atoms with Gasteiger partial charge in [-0.05, 0) is 12.5 Å². The summed E-state index contributed by atoms with van der Waals surface area (Å²) in [5.74, 6) is 0. The molecule has 0 spiro atoms. The van der Waals surface area contributed by atoms with Crippen molar-refractivity contribution in [3.8, 4) is 0 Å². The van der Waals surface area contributed by atoms with Crippen molar-refractivity contribution in [1.82, 2.24) is 0 Å². The molecule has 1 aromatic rings. The van der Waals surface area contributed by atoms with Gasteiger partial charge in [-0.3, -0.25) is 4.55 Å². The molecule has 13 heavy (non-hydrogen) atoms. The molecular weight excluding hydrogens is 197 g/mol. The van der Waals surface area contributed by atoms with Gasteiger partial charge < -0.3 is 0 Å². The van der Waals surface area contributed by atoms with Crippen molar-refractivity contribution in [3.05, 3.63) is 23.4 Å². The maximum absolute atomic E-state index is 13.1. The van der Waals surface area contributed by atoms with Gasteiger partial charge in [0, 0.05) is 23.8 Å². The zero-order chi connectivity index (χ0) is 10.2. The molecular formula is C7H9FNO3S+. The maximum atomic E-state index is 13.1. The summed E-state index contributed by atoms with van der Waals surface area (Å²) >= 11 is 0. The summed E-state index contributed by atoms with van der Waals surface area (Å²) in [6.45, 7) is 3.02. The number of rotatable bonds is 1. The minimum Gasteiger partial charge on any atom is -0.277 e. The Balaban J connectivity index is 3.56. The number of hydrogen-bond acceptors (Lipinski definition) is 2. The molecule has 0 radical (unpaired) electrons. The smallest absolute Gasteiger partial charge is 0.277 e. The Morgan fingerprint density at radius 1 is 1.38 bits per heavy atom. The summed E-state index contributed by atoms with van der Waals surface area (Å²) < 4.78 is 43.0. The van der Waals surface area contributed by atoms with Crippen LogP contribution in [-0.4, -0.2) is 13.0 Å². The first-order valence-electron chi connectivity index (χ1n) is 3.49. The molecule has 0 aliphatic carbocycles. The van der Waals surface area contributed by atoms with Gasteiger partial charge in [-0.25, -0.2) is 0 Å². The first kappa shape index (κ1) is 10.1. The fourth-order valence-electron chi connectivity index (χ4n) is 1.03. The molecule has 1 rings (SSSR count). The molecule has 0 aromatic carbocycles. The fraction of sp³-hybridized carbons (Fsp3) is 0.286. The Hall–Kier alpha value is -1.01. The van der Waals surface area contributed by atoms with Gasteiger partial charge in [0.2, 0.25) is 5.69 Å². The van der Waals surface area contributed by atoms with E-state index < -0.39 is 15.1 Å². The van der Waals surface area contributed by atoms with Crippen LogP contribution in [0.2, 0.25) is 0 Å². The van der Waals surface area contributed by atoms with Gasteiger partial charge in [0.05, 0.1) is 4.48 Å². The molecule has 0 fully saturated rings. The molecule has 4 nitrogen and oxygen atoms in total. The van der Waals surface area contributed by atoms with Crippen molar-refractivity contribution in [2.75, 3.05) is 0 Å². The van der Waals surface area contributed by atoms with Crippen molar-refractivity contribution in [2.24, 2.45) is 0 Å². The van der Waals surface area contributed by atoms with Gasteiger partial charge in [-0.15, -0.1) is 0 Å². The van der Waals surface area contributed by atoms with Gasteiger partial charge in [-0.1, -0.05) is 0 Å². The van der Waals surface area contributed by atoms with Crippen molar-refractivity contribution < 1.29 is 22.2 Å². The van der Waals surface area contributed by atoms with Crippen LogP contribution in [0, 0.1) is 13.8 Å². The largest absolute Gasteiger partial charge is 0.370 e. The van der Waals surface area contributed by atoms with Crippen LogP contribution >= 0.6 is 0 Å². The van der Waals surface area contributed by atoms with E-state index in [0.29, 0.717) is 5.56 Å². The molecule has 0 unspecified atom stereocenters. The Morgan fingerprint density at radius 2 is 1.92 bits per heavy atom. The molecule has 0 amide bonds. The van der Waals surface area contributed by atoms with Crippen molar-refractivity contribution in [1.29, 1.82) is 0 Å². The highest BCUT2D eigenvalue weighted by Crippen LogP contribution is 2.07. The van der Waals surface area contributed by atoms with Crippen LogP contribution < -0.4 is 4.79 Å². The Kier molecular flexibility index (Phi) is 2.36. The lowest BCUT2D eigenvalue weighted by Gasteiger charge is -1.95. The molecule has 1 heterocycles. The molecule has 0 atom stereocenters. The predicted octanol–water partition coefficient (Wildman–Crippen LogP) is 0.570. The summed E-state index contributed by atoms with van der Waals surface area (Å²) in [5, 5.41) is -0.745. The van der Waals surface area contributed by atoms with Crippen LogP contribution in [0.3, 0.4) is 0 Å². The minimum absolute atomic E-state index is 0.0671. The quantitative estimate of drug-likeness (QED) is 0.683. The van der Waals surface area contributed by atoms with E-state index in [0.717, 1.165) is 6.07 Å². The molecule has 1 aromatic heterocycles. The topological polar surface area (TPSA) is 58.2 Å².